The molecule has 7 nitrogen and oxygen atoms in total. The molecule has 2 aromatic carbocycles. The summed E-state index contributed by atoms with van der Waals surface area (Å²) in [6, 6.07) is 15.8. The number of aliphatic hydroxyl groups is 1. The molecule has 3 rings (SSSR count). The Balaban J connectivity index is 2.36. The highest BCUT2D eigenvalue weighted by Gasteiger charge is 2.28. The molecule has 0 amide bonds. The first-order chi connectivity index (χ1) is 13.8. The van der Waals surface area contributed by atoms with Crippen LogP contribution >= 0.6 is 0 Å². The molecular formula is C21H19N3O4S. The molecule has 0 saturated heterocycles. The van der Waals surface area contributed by atoms with E-state index in [-0.39, 0.29) is 28.3 Å². The summed E-state index contributed by atoms with van der Waals surface area (Å²) in [4.78, 5) is 14.6. The smallest absolute Gasteiger partial charge is 0.268 e. The minimum absolute atomic E-state index is 0.0102. The number of aliphatic hydroxyl groups excluding tert-OH is 1. The summed E-state index contributed by atoms with van der Waals surface area (Å²) >= 11 is 0. The number of hydrogen-bond donors (Lipinski definition) is 1. The average Bonchev–Trinajstić information content (AvgIpc) is 3.11. The minimum atomic E-state index is -4.13. The molecule has 0 radical (unpaired) electrons. The molecule has 1 aromatic heterocycles. The van der Waals surface area contributed by atoms with E-state index in [4.69, 9.17) is 0 Å². The second-order valence-corrected chi connectivity index (χ2v) is 8.40. The third-order valence-corrected chi connectivity index (χ3v) is 6.02. The highest BCUT2D eigenvalue weighted by atomic mass is 32.2. The number of hydrogen-bond acceptors (Lipinski definition) is 6. The van der Waals surface area contributed by atoms with Crippen LogP contribution in [0.3, 0.4) is 0 Å². The Morgan fingerprint density at radius 1 is 1.17 bits per heavy atom. The van der Waals surface area contributed by atoms with Gasteiger partial charge in [0.15, 0.2) is 0 Å². The summed E-state index contributed by atoms with van der Waals surface area (Å²) in [6.45, 7) is -0.278. The number of allylic oxidation sites excluding steroid dienone is 1. The first kappa shape index (κ1) is 20.3. The van der Waals surface area contributed by atoms with Crippen molar-refractivity contribution in [3.05, 3.63) is 77.6 Å². The molecular weight excluding hydrogens is 390 g/mol. The van der Waals surface area contributed by atoms with Gasteiger partial charge in [-0.2, -0.15) is 5.26 Å². The molecule has 0 fully saturated rings. The van der Waals surface area contributed by atoms with Gasteiger partial charge in [-0.05, 0) is 29.8 Å². The average molecular weight is 409 g/mol. The number of benzene rings is 2. The third kappa shape index (κ3) is 3.78. The van der Waals surface area contributed by atoms with Crippen LogP contribution in [0.2, 0.25) is 0 Å². The van der Waals surface area contributed by atoms with Gasteiger partial charge in [-0.15, -0.1) is 0 Å². The van der Waals surface area contributed by atoms with E-state index in [1.807, 2.05) is 6.07 Å². The van der Waals surface area contributed by atoms with Gasteiger partial charge in [0.2, 0.25) is 5.78 Å². The van der Waals surface area contributed by atoms with Crippen LogP contribution in [0.15, 0.2) is 71.3 Å². The van der Waals surface area contributed by atoms with Gasteiger partial charge in [-0.3, -0.25) is 4.79 Å². The standard InChI is InChI=1S/C21H19N3O4S/c1-23(2)13-17(12-22)21(26)20-11-16-9-8-15(14-25)10-19(16)24(20)29(27,28)18-6-4-3-5-7-18/h3-11,13,25H,14H2,1-2H3. The first-order valence-corrected chi connectivity index (χ1v) is 10.1. The second kappa shape index (κ2) is 7.91. The Bertz CT molecular complexity index is 1250. The molecule has 0 bridgehead atoms. The molecule has 0 aliphatic carbocycles. The monoisotopic (exact) mass is 409 g/mol. The molecule has 0 saturated carbocycles. The van der Waals surface area contributed by atoms with E-state index in [0.29, 0.717) is 10.9 Å². The molecule has 0 atom stereocenters. The van der Waals surface area contributed by atoms with Crippen molar-refractivity contribution in [2.45, 2.75) is 11.5 Å². The second-order valence-electron chi connectivity index (χ2n) is 6.61. The zero-order valence-electron chi connectivity index (χ0n) is 15.9. The largest absolute Gasteiger partial charge is 0.392 e. The molecule has 3 aromatic rings. The summed E-state index contributed by atoms with van der Waals surface area (Å²) in [5.74, 6) is -0.706. The van der Waals surface area contributed by atoms with Gasteiger partial charge in [0.25, 0.3) is 10.0 Å². The molecule has 148 valence electrons. The topological polar surface area (TPSA) is 103 Å². The van der Waals surface area contributed by atoms with E-state index in [1.54, 1.807) is 49.3 Å². The fraction of sp³-hybridized carbons (Fsp3) is 0.143. The van der Waals surface area contributed by atoms with E-state index < -0.39 is 15.8 Å². The maximum atomic E-state index is 13.4. The number of nitriles is 1. The van der Waals surface area contributed by atoms with E-state index in [9.17, 15) is 23.6 Å². The molecule has 1 heterocycles. The normalized spacial score (nSPS) is 12.0. The lowest BCUT2D eigenvalue weighted by atomic mass is 10.1. The third-order valence-electron chi connectivity index (χ3n) is 4.27. The molecule has 0 aliphatic heterocycles. The number of Topliss-reactive ketones (excluding diaryl/α,β-unsaturated/α-hetero) is 1. The van der Waals surface area contributed by atoms with Crippen molar-refractivity contribution < 1.29 is 18.3 Å². The van der Waals surface area contributed by atoms with Crippen molar-refractivity contribution in [2.75, 3.05) is 14.1 Å². The molecule has 0 aliphatic rings. The molecule has 0 unspecified atom stereocenters. The van der Waals surface area contributed by atoms with Crippen molar-refractivity contribution in [2.24, 2.45) is 0 Å². The van der Waals surface area contributed by atoms with Crippen LogP contribution in [0.1, 0.15) is 16.1 Å². The van der Waals surface area contributed by atoms with Crippen LogP contribution in [-0.4, -0.2) is 42.3 Å². The zero-order chi connectivity index (χ0) is 21.2. The van der Waals surface area contributed by atoms with Crippen molar-refractivity contribution in [1.29, 1.82) is 5.26 Å². The van der Waals surface area contributed by atoms with Crippen molar-refractivity contribution in [1.82, 2.24) is 8.87 Å². The fourth-order valence-electron chi connectivity index (χ4n) is 2.97. The lowest BCUT2D eigenvalue weighted by Crippen LogP contribution is -2.20. The Labute approximate surface area is 168 Å². The SMILES string of the molecule is CN(C)C=C(C#N)C(=O)c1cc2ccc(CO)cc2n1S(=O)(=O)c1ccccc1. The highest BCUT2D eigenvalue weighted by Crippen LogP contribution is 2.28. The van der Waals surface area contributed by atoms with E-state index in [0.717, 1.165) is 3.97 Å². The molecule has 1 N–H and O–H groups in total. The molecule has 0 spiro atoms. The van der Waals surface area contributed by atoms with Crippen LogP contribution in [0, 0.1) is 11.3 Å². The summed E-state index contributed by atoms with van der Waals surface area (Å²) in [6.07, 6.45) is 1.35. The van der Waals surface area contributed by atoms with Crippen LogP contribution in [-0.2, 0) is 16.6 Å². The van der Waals surface area contributed by atoms with Crippen molar-refractivity contribution in [3.8, 4) is 6.07 Å². The van der Waals surface area contributed by atoms with Crippen LogP contribution in [0.25, 0.3) is 10.9 Å². The maximum Gasteiger partial charge on any atom is 0.268 e. The number of rotatable bonds is 6. The van der Waals surface area contributed by atoms with Gasteiger partial charge in [-0.1, -0.05) is 30.3 Å². The summed E-state index contributed by atoms with van der Waals surface area (Å²) < 4.78 is 27.7. The predicted octanol–water partition coefficient (Wildman–Crippen LogP) is 2.52. The van der Waals surface area contributed by atoms with Crippen molar-refractivity contribution >= 4 is 26.7 Å². The van der Waals surface area contributed by atoms with Crippen LogP contribution in [0.4, 0.5) is 0 Å². The number of carbonyl (C=O) groups excluding carboxylic acids is 1. The van der Waals surface area contributed by atoms with Crippen LogP contribution in [0.5, 0.6) is 0 Å². The lowest BCUT2D eigenvalue weighted by molar-refractivity contribution is 0.103. The Morgan fingerprint density at radius 2 is 1.86 bits per heavy atom. The van der Waals surface area contributed by atoms with Gasteiger partial charge in [-0.25, -0.2) is 12.4 Å². The van der Waals surface area contributed by atoms with E-state index in [1.165, 1.54) is 30.5 Å². The highest BCUT2D eigenvalue weighted by molar-refractivity contribution is 7.90. The van der Waals surface area contributed by atoms with Gasteiger partial charge in [0.05, 0.1) is 17.0 Å². The van der Waals surface area contributed by atoms with Gasteiger partial charge < -0.3 is 10.0 Å². The Morgan fingerprint density at radius 3 is 2.45 bits per heavy atom. The fourth-order valence-corrected chi connectivity index (χ4v) is 4.49. The quantitative estimate of drug-likeness (QED) is 0.381. The number of nitrogens with zero attached hydrogens (tertiary/aromatic N) is 3. The van der Waals surface area contributed by atoms with Crippen LogP contribution < -0.4 is 0 Å². The Hall–Kier alpha value is -3.41. The summed E-state index contributed by atoms with van der Waals surface area (Å²) in [5.41, 5.74) is 0.424. The first-order valence-electron chi connectivity index (χ1n) is 8.68. The Kier molecular flexibility index (Phi) is 5.55. The van der Waals surface area contributed by atoms with E-state index >= 15 is 0 Å². The lowest BCUT2D eigenvalue weighted by Gasteiger charge is -2.12. The maximum absolute atomic E-state index is 13.4. The number of aromatic nitrogens is 1. The van der Waals surface area contributed by atoms with Crippen molar-refractivity contribution in [3.63, 3.8) is 0 Å². The predicted molar refractivity (Wildman–Crippen MR) is 109 cm³/mol. The van der Waals surface area contributed by atoms with Gasteiger partial charge in [0, 0.05) is 25.7 Å². The number of ketones is 1. The molecule has 29 heavy (non-hydrogen) atoms. The van der Waals surface area contributed by atoms with Gasteiger partial charge in [0.1, 0.15) is 17.3 Å². The molecule has 8 heteroatoms. The summed E-state index contributed by atoms with van der Waals surface area (Å²) in [7, 11) is -0.807. The minimum Gasteiger partial charge on any atom is -0.392 e. The summed E-state index contributed by atoms with van der Waals surface area (Å²) in [5, 5.41) is 19.4. The number of fused-ring (bicyclic) bond motifs is 1. The number of carbonyl (C=O) groups is 1. The zero-order valence-corrected chi connectivity index (χ0v) is 16.7. The van der Waals surface area contributed by atoms with Gasteiger partial charge >= 0.3 is 0 Å². The van der Waals surface area contributed by atoms with E-state index in [2.05, 4.69) is 0 Å².